The summed E-state index contributed by atoms with van der Waals surface area (Å²) < 4.78 is 5.72. The first-order valence-corrected chi connectivity index (χ1v) is 7.15. The van der Waals surface area contributed by atoms with Crippen molar-refractivity contribution >= 4 is 11.6 Å². The number of carbonyl (C=O) groups is 1. The van der Waals surface area contributed by atoms with E-state index in [1.54, 1.807) is 18.9 Å². The Bertz CT molecular complexity index is 447. The van der Waals surface area contributed by atoms with E-state index in [-0.39, 0.29) is 5.91 Å². The number of hydrogen-bond donors (Lipinski definition) is 1. The van der Waals surface area contributed by atoms with Crippen LogP contribution >= 0.6 is 0 Å². The van der Waals surface area contributed by atoms with Gasteiger partial charge in [-0.1, -0.05) is 13.3 Å². The summed E-state index contributed by atoms with van der Waals surface area (Å²) in [6, 6.07) is 3.45. The van der Waals surface area contributed by atoms with Crippen LogP contribution in [-0.2, 0) is 4.79 Å². The topological polar surface area (TPSA) is 55.6 Å². The number of hydrogen-bond acceptors (Lipinski definition) is 3. The minimum atomic E-state index is -0.501. The van der Waals surface area contributed by atoms with Crippen molar-refractivity contribution in [3.8, 4) is 5.75 Å². The van der Waals surface area contributed by atoms with Gasteiger partial charge in [0.25, 0.3) is 0 Å². The molecule has 1 rings (SSSR count). The second kappa shape index (κ2) is 7.29. The van der Waals surface area contributed by atoms with Crippen LogP contribution in [0.25, 0.3) is 0 Å². The van der Waals surface area contributed by atoms with Gasteiger partial charge in [0.15, 0.2) is 0 Å². The summed E-state index contributed by atoms with van der Waals surface area (Å²) in [6.45, 7) is 8.53. The van der Waals surface area contributed by atoms with Gasteiger partial charge in [0.05, 0.1) is 12.6 Å². The van der Waals surface area contributed by atoms with Crippen LogP contribution in [0.5, 0.6) is 5.75 Å². The Balaban J connectivity index is 2.97. The molecule has 2 N–H and O–H groups in total. The lowest BCUT2D eigenvalue weighted by atomic mass is 10.1. The second-order valence-corrected chi connectivity index (χ2v) is 5.29. The quantitative estimate of drug-likeness (QED) is 0.814. The van der Waals surface area contributed by atoms with Crippen molar-refractivity contribution in [1.82, 2.24) is 0 Å². The van der Waals surface area contributed by atoms with Crippen molar-refractivity contribution in [1.29, 1.82) is 0 Å². The summed E-state index contributed by atoms with van der Waals surface area (Å²) in [4.78, 5) is 13.6. The fourth-order valence-corrected chi connectivity index (χ4v) is 2.28. The van der Waals surface area contributed by atoms with Crippen LogP contribution < -0.4 is 15.4 Å². The van der Waals surface area contributed by atoms with Gasteiger partial charge in [-0.15, -0.1) is 0 Å². The number of amides is 1. The van der Waals surface area contributed by atoms with Gasteiger partial charge in [-0.3, -0.25) is 4.79 Å². The molecule has 0 aliphatic rings. The fraction of sp³-hybridized carbons (Fsp3) is 0.562. The van der Waals surface area contributed by atoms with Gasteiger partial charge in [0.1, 0.15) is 5.75 Å². The zero-order valence-corrected chi connectivity index (χ0v) is 13.2. The van der Waals surface area contributed by atoms with Gasteiger partial charge in [-0.05, 0) is 50.5 Å². The molecule has 0 aromatic heterocycles. The average molecular weight is 278 g/mol. The van der Waals surface area contributed by atoms with E-state index < -0.39 is 6.04 Å². The highest BCUT2D eigenvalue weighted by atomic mass is 16.5. The molecule has 0 saturated carbocycles. The third-order valence-corrected chi connectivity index (χ3v) is 3.29. The number of nitrogens with two attached hydrogens (primary N) is 1. The maximum Gasteiger partial charge on any atom is 0.243 e. The molecule has 4 nitrogen and oxygen atoms in total. The molecule has 0 bridgehead atoms. The average Bonchev–Trinajstić information content (AvgIpc) is 2.37. The van der Waals surface area contributed by atoms with E-state index in [1.165, 1.54) is 0 Å². The van der Waals surface area contributed by atoms with E-state index in [2.05, 4.69) is 6.92 Å². The van der Waals surface area contributed by atoms with E-state index in [0.29, 0.717) is 0 Å². The first-order chi connectivity index (χ1) is 9.38. The Morgan fingerprint density at radius 2 is 1.90 bits per heavy atom. The highest BCUT2D eigenvalue weighted by Gasteiger charge is 2.19. The number of rotatable bonds is 6. The number of likely N-dealkylation sites (N-methyl/N-ethyl adjacent to an activating group) is 1. The lowest BCUT2D eigenvalue weighted by Gasteiger charge is -2.24. The maximum atomic E-state index is 12.0. The SMILES string of the molecule is CCCCOc1cc(C)c(N(C)C(=O)C(C)N)c(C)c1. The summed E-state index contributed by atoms with van der Waals surface area (Å²) in [5, 5.41) is 0. The molecule has 0 heterocycles. The van der Waals surface area contributed by atoms with Crippen molar-refractivity contribution in [2.45, 2.75) is 46.6 Å². The lowest BCUT2D eigenvalue weighted by molar-refractivity contribution is -0.119. The van der Waals surface area contributed by atoms with Gasteiger partial charge in [0, 0.05) is 12.7 Å². The first-order valence-electron chi connectivity index (χ1n) is 7.15. The van der Waals surface area contributed by atoms with Crippen molar-refractivity contribution in [3.05, 3.63) is 23.3 Å². The summed E-state index contributed by atoms with van der Waals surface area (Å²) in [5.41, 5.74) is 8.62. The van der Waals surface area contributed by atoms with Gasteiger partial charge in [-0.25, -0.2) is 0 Å². The van der Waals surface area contributed by atoms with Crippen LogP contribution in [0.3, 0.4) is 0 Å². The number of unbranched alkanes of at least 4 members (excludes halogenated alkanes) is 1. The molecular weight excluding hydrogens is 252 g/mol. The van der Waals surface area contributed by atoms with Crippen LogP contribution in [0.2, 0.25) is 0 Å². The molecule has 0 radical (unpaired) electrons. The molecule has 0 spiro atoms. The summed E-state index contributed by atoms with van der Waals surface area (Å²) >= 11 is 0. The summed E-state index contributed by atoms with van der Waals surface area (Å²) in [5.74, 6) is 0.773. The fourth-order valence-electron chi connectivity index (χ4n) is 2.28. The predicted octanol–water partition coefficient (Wildman–Crippen LogP) is 2.79. The molecule has 1 amide bonds. The molecule has 1 atom stereocenters. The number of nitrogens with zero attached hydrogens (tertiary/aromatic N) is 1. The molecule has 0 aliphatic carbocycles. The zero-order valence-electron chi connectivity index (χ0n) is 13.2. The largest absolute Gasteiger partial charge is 0.494 e. The zero-order chi connectivity index (χ0) is 15.3. The molecule has 0 saturated heterocycles. The van der Waals surface area contributed by atoms with Crippen LogP contribution in [0.15, 0.2) is 12.1 Å². The van der Waals surface area contributed by atoms with Gasteiger partial charge in [0.2, 0.25) is 5.91 Å². The van der Waals surface area contributed by atoms with E-state index in [1.807, 2.05) is 26.0 Å². The normalized spacial score (nSPS) is 12.1. The maximum absolute atomic E-state index is 12.0. The standard InChI is InChI=1S/C16H26N2O2/c1-6-7-8-20-14-9-11(2)15(12(3)10-14)18(5)16(19)13(4)17/h9-10,13H,6-8,17H2,1-5H3. The molecule has 4 heteroatoms. The molecule has 0 aliphatic heterocycles. The Hall–Kier alpha value is -1.55. The molecule has 1 unspecified atom stereocenters. The Labute approximate surface area is 121 Å². The Morgan fingerprint density at radius 1 is 1.35 bits per heavy atom. The number of ether oxygens (including phenoxy) is 1. The molecule has 112 valence electrons. The van der Waals surface area contributed by atoms with Crippen LogP contribution in [-0.4, -0.2) is 25.6 Å². The second-order valence-electron chi connectivity index (χ2n) is 5.29. The molecule has 0 fully saturated rings. The number of carbonyl (C=O) groups excluding carboxylic acids is 1. The number of anilines is 1. The summed E-state index contributed by atoms with van der Waals surface area (Å²) in [7, 11) is 1.76. The molecule has 1 aromatic carbocycles. The number of benzene rings is 1. The van der Waals surface area contributed by atoms with Crippen molar-refractivity contribution in [2.24, 2.45) is 5.73 Å². The Morgan fingerprint density at radius 3 is 2.35 bits per heavy atom. The van der Waals surface area contributed by atoms with Crippen molar-refractivity contribution < 1.29 is 9.53 Å². The van der Waals surface area contributed by atoms with Crippen LogP contribution in [0.1, 0.15) is 37.8 Å². The van der Waals surface area contributed by atoms with E-state index in [9.17, 15) is 4.79 Å². The van der Waals surface area contributed by atoms with Gasteiger partial charge in [-0.2, -0.15) is 0 Å². The molecule has 1 aromatic rings. The third kappa shape index (κ3) is 3.97. The smallest absolute Gasteiger partial charge is 0.243 e. The van der Waals surface area contributed by atoms with Crippen molar-refractivity contribution in [3.63, 3.8) is 0 Å². The Kier molecular flexibility index (Phi) is 6.02. The highest BCUT2D eigenvalue weighted by Crippen LogP contribution is 2.29. The van der Waals surface area contributed by atoms with Gasteiger partial charge >= 0.3 is 0 Å². The molecular formula is C16H26N2O2. The van der Waals surface area contributed by atoms with E-state index in [4.69, 9.17) is 10.5 Å². The van der Waals surface area contributed by atoms with Crippen LogP contribution in [0, 0.1) is 13.8 Å². The van der Waals surface area contributed by atoms with Crippen molar-refractivity contribution in [2.75, 3.05) is 18.6 Å². The highest BCUT2D eigenvalue weighted by molar-refractivity contribution is 5.97. The predicted molar refractivity (Wildman–Crippen MR) is 83.4 cm³/mol. The van der Waals surface area contributed by atoms with Crippen LogP contribution in [0.4, 0.5) is 5.69 Å². The monoisotopic (exact) mass is 278 g/mol. The molecule has 20 heavy (non-hydrogen) atoms. The number of aryl methyl sites for hydroxylation is 2. The lowest BCUT2D eigenvalue weighted by Crippen LogP contribution is -2.40. The third-order valence-electron chi connectivity index (χ3n) is 3.29. The minimum Gasteiger partial charge on any atom is -0.494 e. The summed E-state index contributed by atoms with van der Waals surface area (Å²) in [6.07, 6.45) is 2.16. The first kappa shape index (κ1) is 16.5. The minimum absolute atomic E-state index is 0.0872. The van der Waals surface area contributed by atoms with E-state index in [0.717, 1.165) is 42.0 Å². The van der Waals surface area contributed by atoms with E-state index >= 15 is 0 Å². The van der Waals surface area contributed by atoms with Gasteiger partial charge < -0.3 is 15.4 Å².